The molecule has 0 saturated carbocycles. The molecule has 2 aliphatic heterocycles. The van der Waals surface area contributed by atoms with Gasteiger partial charge < -0.3 is 10.0 Å². The van der Waals surface area contributed by atoms with Crippen molar-refractivity contribution in [1.82, 2.24) is 0 Å². The quantitative estimate of drug-likeness (QED) is 0.721. The number of fused-ring (bicyclic) bond motifs is 1. The van der Waals surface area contributed by atoms with Crippen molar-refractivity contribution in [2.24, 2.45) is 4.99 Å². The number of benzene rings is 1. The molecule has 2 fully saturated rings. The van der Waals surface area contributed by atoms with Crippen LogP contribution in [-0.2, 0) is 25.6 Å². The molecule has 1 aromatic carbocycles. The molecule has 0 radical (unpaired) electrons. The van der Waals surface area contributed by atoms with E-state index in [9.17, 15) is 31.2 Å². The maximum Gasteiger partial charge on any atom is 0.417 e. The van der Waals surface area contributed by atoms with E-state index in [-0.39, 0.29) is 28.8 Å². The maximum absolute atomic E-state index is 13.2. The molecule has 29 heavy (non-hydrogen) atoms. The second kappa shape index (κ2) is 7.80. The lowest BCUT2D eigenvalue weighted by Gasteiger charge is -2.25. The lowest BCUT2D eigenvalue weighted by Crippen LogP contribution is -2.37. The zero-order valence-electron chi connectivity index (χ0n) is 14.5. The molecular weight excluding hydrogens is 457 g/mol. The van der Waals surface area contributed by atoms with Gasteiger partial charge in [-0.05, 0) is 18.2 Å². The van der Waals surface area contributed by atoms with Gasteiger partial charge in [0, 0.05) is 17.4 Å². The number of aliphatic carboxylic acids is 1. The second-order valence-electron chi connectivity index (χ2n) is 6.51. The molecule has 1 N–H and O–H groups in total. The number of thioether (sulfide) groups is 1. The fourth-order valence-corrected chi connectivity index (χ4v) is 7.28. The van der Waals surface area contributed by atoms with Crippen LogP contribution < -0.4 is 4.90 Å². The Morgan fingerprint density at radius 1 is 1.28 bits per heavy atom. The number of rotatable bonds is 4. The van der Waals surface area contributed by atoms with Gasteiger partial charge in [0.1, 0.15) is 0 Å². The van der Waals surface area contributed by atoms with Gasteiger partial charge in [0.25, 0.3) is 0 Å². The van der Waals surface area contributed by atoms with Crippen molar-refractivity contribution in [3.8, 4) is 0 Å². The minimum atomic E-state index is -4.73. The molecule has 2 aliphatic rings. The summed E-state index contributed by atoms with van der Waals surface area (Å²) in [5.74, 6) is -2.43. The van der Waals surface area contributed by atoms with Crippen molar-refractivity contribution < 1.29 is 36.3 Å². The number of anilines is 1. The van der Waals surface area contributed by atoms with Crippen LogP contribution >= 0.6 is 23.4 Å². The van der Waals surface area contributed by atoms with Gasteiger partial charge in [-0.1, -0.05) is 23.4 Å². The van der Waals surface area contributed by atoms with Crippen molar-refractivity contribution in [2.45, 2.75) is 30.3 Å². The number of carbonyl (C=O) groups excluding carboxylic acids is 1. The summed E-state index contributed by atoms with van der Waals surface area (Å²) in [7, 11) is -3.39. The third-order valence-electron chi connectivity index (χ3n) is 4.37. The number of nitrogens with zero attached hydrogens (tertiary/aromatic N) is 2. The Kier molecular flexibility index (Phi) is 5.89. The first-order valence-corrected chi connectivity index (χ1v) is 11.3. The van der Waals surface area contributed by atoms with Crippen molar-refractivity contribution in [1.29, 1.82) is 0 Å². The van der Waals surface area contributed by atoms with Crippen LogP contribution in [0.2, 0.25) is 5.02 Å². The molecule has 3 rings (SSSR count). The summed E-state index contributed by atoms with van der Waals surface area (Å²) in [5.41, 5.74) is -1.09. The molecule has 158 valence electrons. The molecule has 0 spiro atoms. The number of hydrogen-bond donors (Lipinski definition) is 1. The summed E-state index contributed by atoms with van der Waals surface area (Å²) in [6.07, 6.45) is -5.55. The Morgan fingerprint density at radius 3 is 2.59 bits per heavy atom. The van der Waals surface area contributed by atoms with Crippen molar-refractivity contribution in [3.05, 3.63) is 28.8 Å². The van der Waals surface area contributed by atoms with Crippen LogP contribution in [0.25, 0.3) is 0 Å². The third kappa shape index (κ3) is 4.86. The number of amidine groups is 1. The SMILES string of the molecule is O=C(O)CCC(=O)N=C1S[C@@H]2CS(=O)(=O)C[C@H]2N1c1ccc(Cl)c(C(F)(F)F)c1. The van der Waals surface area contributed by atoms with E-state index in [2.05, 4.69) is 4.99 Å². The van der Waals surface area contributed by atoms with Gasteiger partial charge in [0.05, 0.1) is 34.6 Å². The van der Waals surface area contributed by atoms with Crippen molar-refractivity contribution in [3.63, 3.8) is 0 Å². The number of amides is 1. The lowest BCUT2D eigenvalue weighted by atomic mass is 10.1. The lowest BCUT2D eigenvalue weighted by molar-refractivity contribution is -0.138. The minimum absolute atomic E-state index is 0.00334. The van der Waals surface area contributed by atoms with Crippen LogP contribution in [0.3, 0.4) is 0 Å². The zero-order chi connectivity index (χ0) is 21.6. The predicted molar refractivity (Wildman–Crippen MR) is 102 cm³/mol. The van der Waals surface area contributed by atoms with Crippen LogP contribution in [0.15, 0.2) is 23.2 Å². The van der Waals surface area contributed by atoms with E-state index in [0.717, 1.165) is 23.9 Å². The molecule has 13 heteroatoms. The highest BCUT2D eigenvalue weighted by Gasteiger charge is 2.49. The second-order valence-corrected chi connectivity index (χ2v) is 10.3. The summed E-state index contributed by atoms with van der Waals surface area (Å²) in [6.45, 7) is 0. The van der Waals surface area contributed by atoms with Crippen molar-refractivity contribution >= 4 is 55.9 Å². The smallest absolute Gasteiger partial charge is 0.417 e. The minimum Gasteiger partial charge on any atom is -0.481 e. The fraction of sp³-hybridized carbons (Fsp3) is 0.438. The van der Waals surface area contributed by atoms with Crippen LogP contribution in [0.5, 0.6) is 0 Å². The van der Waals surface area contributed by atoms with E-state index in [4.69, 9.17) is 16.7 Å². The molecular formula is C16H14ClF3N2O5S2. The van der Waals surface area contributed by atoms with E-state index in [1.54, 1.807) is 0 Å². The van der Waals surface area contributed by atoms with E-state index in [1.165, 1.54) is 11.0 Å². The molecule has 0 aromatic heterocycles. The standard InChI is InChI=1S/C16H14ClF3N2O5S2/c17-10-2-1-8(5-9(10)16(18,19)20)22-11-6-29(26,27)7-12(11)28-15(22)21-13(23)3-4-14(24)25/h1-2,5,11-12H,3-4,6-7H2,(H,24,25)/t11-,12-/m1/s1. The molecule has 7 nitrogen and oxygen atoms in total. The van der Waals surface area contributed by atoms with Gasteiger partial charge >= 0.3 is 12.1 Å². The van der Waals surface area contributed by atoms with E-state index >= 15 is 0 Å². The molecule has 2 heterocycles. The van der Waals surface area contributed by atoms with Gasteiger partial charge in [0.15, 0.2) is 15.0 Å². The van der Waals surface area contributed by atoms with E-state index in [1.807, 2.05) is 0 Å². The molecule has 0 unspecified atom stereocenters. The maximum atomic E-state index is 13.2. The number of hydrogen-bond acceptors (Lipinski definition) is 5. The van der Waals surface area contributed by atoms with Crippen molar-refractivity contribution in [2.75, 3.05) is 16.4 Å². The van der Waals surface area contributed by atoms with E-state index in [0.29, 0.717) is 0 Å². The van der Waals surface area contributed by atoms with Gasteiger partial charge in [-0.2, -0.15) is 18.2 Å². The largest absolute Gasteiger partial charge is 0.481 e. The summed E-state index contributed by atoms with van der Waals surface area (Å²) >= 11 is 6.64. The number of alkyl halides is 3. The number of sulfone groups is 1. The normalized spacial score (nSPS) is 24.7. The Bertz CT molecular complexity index is 997. The van der Waals surface area contributed by atoms with Crippen LogP contribution in [-0.4, -0.2) is 53.4 Å². The van der Waals surface area contributed by atoms with Gasteiger partial charge in [0.2, 0.25) is 5.91 Å². The first-order chi connectivity index (χ1) is 13.4. The number of halogens is 4. The summed E-state index contributed by atoms with van der Waals surface area (Å²) in [4.78, 5) is 27.8. The molecule has 2 atom stereocenters. The zero-order valence-corrected chi connectivity index (χ0v) is 16.9. The highest BCUT2D eigenvalue weighted by molar-refractivity contribution is 8.16. The molecule has 0 bridgehead atoms. The van der Waals surface area contributed by atoms with Gasteiger partial charge in [-0.3, -0.25) is 9.59 Å². The third-order valence-corrected chi connectivity index (χ3v) is 7.91. The monoisotopic (exact) mass is 470 g/mol. The average Bonchev–Trinajstić information content (AvgIpc) is 3.03. The first-order valence-electron chi connectivity index (χ1n) is 8.24. The number of carboxylic acids is 1. The predicted octanol–water partition coefficient (Wildman–Crippen LogP) is 2.83. The Balaban J connectivity index is 2.01. The van der Waals surface area contributed by atoms with Crippen LogP contribution in [0.4, 0.5) is 18.9 Å². The Morgan fingerprint density at radius 2 is 1.97 bits per heavy atom. The molecule has 2 saturated heterocycles. The van der Waals surface area contributed by atoms with Gasteiger partial charge in [-0.25, -0.2) is 8.42 Å². The summed E-state index contributed by atoms with van der Waals surface area (Å²) in [6, 6.07) is 2.43. The summed E-state index contributed by atoms with van der Waals surface area (Å²) < 4.78 is 63.7. The van der Waals surface area contributed by atoms with Crippen LogP contribution in [0.1, 0.15) is 18.4 Å². The molecule has 0 aliphatic carbocycles. The van der Waals surface area contributed by atoms with Gasteiger partial charge in [-0.15, -0.1) is 0 Å². The Labute approximate surface area is 172 Å². The van der Waals surface area contributed by atoms with Crippen LogP contribution in [0, 0.1) is 0 Å². The molecule has 1 amide bonds. The number of carbonyl (C=O) groups is 2. The van der Waals surface area contributed by atoms with E-state index < -0.39 is 56.2 Å². The highest BCUT2D eigenvalue weighted by Crippen LogP contribution is 2.43. The first kappa shape index (κ1) is 21.9. The fourth-order valence-electron chi connectivity index (χ4n) is 3.12. The topological polar surface area (TPSA) is 104 Å². The molecule has 1 aromatic rings. The Hall–Kier alpha value is -1.79. The average molecular weight is 471 g/mol. The highest BCUT2D eigenvalue weighted by atomic mass is 35.5. The number of aliphatic imine (C=N–C) groups is 1. The summed E-state index contributed by atoms with van der Waals surface area (Å²) in [5, 5.41) is 7.70. The number of carboxylic acid groups (broad SMARTS) is 1.